The monoisotopic (exact) mass is 307 g/mol. The van der Waals surface area contributed by atoms with Crippen LogP contribution in [0.2, 0.25) is 5.02 Å². The molecule has 0 atom stereocenters. The molecule has 6 nitrogen and oxygen atoms in total. The summed E-state index contributed by atoms with van der Waals surface area (Å²) in [5.74, 6) is 0.347. The van der Waals surface area contributed by atoms with Crippen LogP contribution in [-0.4, -0.2) is 34.7 Å². The van der Waals surface area contributed by atoms with Crippen molar-refractivity contribution in [2.75, 3.05) is 18.9 Å². The Hall–Kier alpha value is -2.08. The summed E-state index contributed by atoms with van der Waals surface area (Å²) < 4.78 is 0. The fourth-order valence-corrected chi connectivity index (χ4v) is 2.12. The molecule has 0 aliphatic rings. The summed E-state index contributed by atoms with van der Waals surface area (Å²) in [5.41, 5.74) is 2.47. The second-order valence-corrected chi connectivity index (χ2v) is 5.06. The SMILES string of the molecule is CNc1ccc(Cl)c(C(=O)NCCCc2cn[nH]c2C)n1. The lowest BCUT2D eigenvalue weighted by atomic mass is 10.1. The second kappa shape index (κ2) is 7.08. The van der Waals surface area contributed by atoms with Crippen LogP contribution in [0.15, 0.2) is 18.3 Å². The molecule has 112 valence electrons. The van der Waals surface area contributed by atoms with Crippen LogP contribution in [0.1, 0.15) is 28.2 Å². The topological polar surface area (TPSA) is 82.7 Å². The molecular formula is C14H18ClN5O. The highest BCUT2D eigenvalue weighted by Crippen LogP contribution is 2.16. The van der Waals surface area contributed by atoms with E-state index in [1.54, 1.807) is 19.2 Å². The quantitative estimate of drug-likeness (QED) is 0.714. The molecule has 2 aromatic rings. The van der Waals surface area contributed by atoms with E-state index in [2.05, 4.69) is 25.8 Å². The van der Waals surface area contributed by atoms with E-state index < -0.39 is 0 Å². The summed E-state index contributed by atoms with van der Waals surface area (Å²) >= 11 is 6.00. The second-order valence-electron chi connectivity index (χ2n) is 4.66. The lowest BCUT2D eigenvalue weighted by molar-refractivity contribution is 0.0948. The largest absolute Gasteiger partial charge is 0.373 e. The van der Waals surface area contributed by atoms with Crippen molar-refractivity contribution >= 4 is 23.3 Å². The molecule has 0 fully saturated rings. The number of pyridine rings is 1. The summed E-state index contributed by atoms with van der Waals surface area (Å²) in [6, 6.07) is 3.38. The summed E-state index contributed by atoms with van der Waals surface area (Å²) in [7, 11) is 1.74. The van der Waals surface area contributed by atoms with Crippen LogP contribution < -0.4 is 10.6 Å². The Labute approximate surface area is 128 Å². The van der Waals surface area contributed by atoms with Crippen LogP contribution in [-0.2, 0) is 6.42 Å². The Kier molecular flexibility index (Phi) is 5.16. The molecule has 0 unspecified atom stereocenters. The zero-order chi connectivity index (χ0) is 15.2. The van der Waals surface area contributed by atoms with E-state index >= 15 is 0 Å². The molecule has 0 bridgehead atoms. The number of amides is 1. The maximum absolute atomic E-state index is 12.1. The number of hydrogen-bond donors (Lipinski definition) is 3. The Balaban J connectivity index is 1.86. The minimum atomic E-state index is -0.263. The molecular weight excluding hydrogens is 290 g/mol. The number of rotatable bonds is 6. The van der Waals surface area contributed by atoms with Crippen LogP contribution in [0, 0.1) is 6.92 Å². The summed E-state index contributed by atoms with van der Waals surface area (Å²) in [6.45, 7) is 2.54. The minimum absolute atomic E-state index is 0.239. The van der Waals surface area contributed by atoms with Crippen molar-refractivity contribution in [2.45, 2.75) is 19.8 Å². The van der Waals surface area contributed by atoms with Gasteiger partial charge >= 0.3 is 0 Å². The first-order chi connectivity index (χ1) is 10.1. The summed E-state index contributed by atoms with van der Waals surface area (Å²) in [6.07, 6.45) is 3.50. The lowest BCUT2D eigenvalue weighted by Crippen LogP contribution is -2.26. The zero-order valence-corrected chi connectivity index (χ0v) is 12.8. The van der Waals surface area contributed by atoms with E-state index in [-0.39, 0.29) is 11.6 Å². The number of aryl methyl sites for hydroxylation is 2. The zero-order valence-electron chi connectivity index (χ0n) is 12.0. The normalized spacial score (nSPS) is 10.4. The van der Waals surface area contributed by atoms with Crippen LogP contribution in [0.25, 0.3) is 0 Å². The average molecular weight is 308 g/mol. The van der Waals surface area contributed by atoms with Crippen LogP contribution in [0.5, 0.6) is 0 Å². The third kappa shape index (κ3) is 3.95. The highest BCUT2D eigenvalue weighted by molar-refractivity contribution is 6.33. The first-order valence-electron chi connectivity index (χ1n) is 6.73. The molecule has 0 radical (unpaired) electrons. The predicted octanol–water partition coefficient (Wildman–Crippen LogP) is 2.17. The van der Waals surface area contributed by atoms with Crippen molar-refractivity contribution in [3.8, 4) is 0 Å². The van der Waals surface area contributed by atoms with Gasteiger partial charge in [-0.1, -0.05) is 11.6 Å². The van der Waals surface area contributed by atoms with Gasteiger partial charge in [0.1, 0.15) is 11.5 Å². The summed E-state index contributed by atoms with van der Waals surface area (Å²) in [4.78, 5) is 16.2. The Morgan fingerprint density at radius 2 is 2.24 bits per heavy atom. The highest BCUT2D eigenvalue weighted by Gasteiger charge is 2.12. The molecule has 0 aliphatic carbocycles. The Morgan fingerprint density at radius 1 is 1.43 bits per heavy atom. The maximum Gasteiger partial charge on any atom is 0.271 e. The number of aromatic amines is 1. The number of H-pyrrole nitrogens is 1. The van der Waals surface area contributed by atoms with Crippen molar-refractivity contribution < 1.29 is 4.79 Å². The molecule has 0 saturated carbocycles. The van der Waals surface area contributed by atoms with E-state index in [1.807, 2.05) is 13.1 Å². The molecule has 0 aliphatic heterocycles. The summed E-state index contributed by atoms with van der Waals surface area (Å²) in [5, 5.41) is 12.9. The lowest BCUT2D eigenvalue weighted by Gasteiger charge is -2.07. The van der Waals surface area contributed by atoms with E-state index in [4.69, 9.17) is 11.6 Å². The number of carbonyl (C=O) groups excluding carboxylic acids is 1. The van der Waals surface area contributed by atoms with E-state index in [1.165, 1.54) is 0 Å². The third-order valence-electron chi connectivity index (χ3n) is 3.16. The molecule has 0 saturated heterocycles. The maximum atomic E-state index is 12.1. The van der Waals surface area contributed by atoms with Crippen LogP contribution in [0.4, 0.5) is 5.82 Å². The fraction of sp³-hybridized carbons (Fsp3) is 0.357. The van der Waals surface area contributed by atoms with Gasteiger partial charge in [-0.25, -0.2) is 4.98 Å². The standard InChI is InChI=1S/C14H18ClN5O/c1-9-10(8-18-20-9)4-3-7-17-14(21)13-11(15)5-6-12(16-2)19-13/h5-6,8H,3-4,7H2,1-2H3,(H,16,19)(H,17,21)(H,18,20). The van der Waals surface area contributed by atoms with Gasteiger partial charge in [-0.2, -0.15) is 5.10 Å². The van der Waals surface area contributed by atoms with Gasteiger partial charge in [-0.15, -0.1) is 0 Å². The number of hydrogen-bond acceptors (Lipinski definition) is 4. The van der Waals surface area contributed by atoms with Gasteiger partial charge in [0.05, 0.1) is 11.2 Å². The van der Waals surface area contributed by atoms with Gasteiger partial charge < -0.3 is 10.6 Å². The Morgan fingerprint density at radius 3 is 2.90 bits per heavy atom. The molecule has 0 aromatic carbocycles. The van der Waals surface area contributed by atoms with Crippen molar-refractivity contribution in [1.82, 2.24) is 20.5 Å². The number of nitrogens with zero attached hydrogens (tertiary/aromatic N) is 2. The molecule has 2 aromatic heterocycles. The van der Waals surface area contributed by atoms with E-state index in [0.717, 1.165) is 24.1 Å². The molecule has 3 N–H and O–H groups in total. The van der Waals surface area contributed by atoms with Gasteiger partial charge in [0.2, 0.25) is 0 Å². The van der Waals surface area contributed by atoms with Crippen LogP contribution in [0.3, 0.4) is 0 Å². The van der Waals surface area contributed by atoms with Crippen LogP contribution >= 0.6 is 11.6 Å². The Bertz CT molecular complexity index is 626. The molecule has 21 heavy (non-hydrogen) atoms. The average Bonchev–Trinajstić information content (AvgIpc) is 2.89. The van der Waals surface area contributed by atoms with Crippen molar-refractivity contribution in [2.24, 2.45) is 0 Å². The van der Waals surface area contributed by atoms with Crippen molar-refractivity contribution in [3.63, 3.8) is 0 Å². The molecule has 2 rings (SSSR count). The number of anilines is 1. The smallest absolute Gasteiger partial charge is 0.271 e. The van der Waals surface area contributed by atoms with Crippen molar-refractivity contribution in [1.29, 1.82) is 0 Å². The number of halogens is 1. The van der Waals surface area contributed by atoms with Gasteiger partial charge in [-0.3, -0.25) is 9.89 Å². The first-order valence-corrected chi connectivity index (χ1v) is 7.11. The first kappa shape index (κ1) is 15.3. The van der Waals surface area contributed by atoms with E-state index in [9.17, 15) is 4.79 Å². The van der Waals surface area contributed by atoms with Gasteiger partial charge in [0.15, 0.2) is 0 Å². The molecule has 7 heteroatoms. The highest BCUT2D eigenvalue weighted by atomic mass is 35.5. The van der Waals surface area contributed by atoms with Gasteiger partial charge in [-0.05, 0) is 37.5 Å². The molecule has 2 heterocycles. The number of aromatic nitrogens is 3. The minimum Gasteiger partial charge on any atom is -0.373 e. The predicted molar refractivity (Wildman–Crippen MR) is 82.8 cm³/mol. The van der Waals surface area contributed by atoms with Gasteiger partial charge in [0.25, 0.3) is 5.91 Å². The third-order valence-corrected chi connectivity index (χ3v) is 3.46. The molecule has 0 spiro atoms. The molecule has 1 amide bonds. The number of carbonyl (C=O) groups is 1. The number of nitrogens with one attached hydrogen (secondary N) is 3. The fourth-order valence-electron chi connectivity index (χ4n) is 1.93. The van der Waals surface area contributed by atoms with Crippen molar-refractivity contribution in [3.05, 3.63) is 40.3 Å². The van der Waals surface area contributed by atoms with E-state index in [0.29, 0.717) is 17.4 Å². The van der Waals surface area contributed by atoms with Gasteiger partial charge in [0, 0.05) is 19.3 Å².